The zero-order valence-corrected chi connectivity index (χ0v) is 14.1. The highest BCUT2D eigenvalue weighted by atomic mass is 16.2. The Balaban J connectivity index is 1.45. The number of carbonyl (C=O) groups is 2. The molecular formula is C21H22N2O2. The molecule has 4 nitrogen and oxygen atoms in total. The van der Waals surface area contributed by atoms with Gasteiger partial charge in [-0.25, -0.2) is 0 Å². The van der Waals surface area contributed by atoms with E-state index in [1.807, 2.05) is 30.3 Å². The summed E-state index contributed by atoms with van der Waals surface area (Å²) < 4.78 is 0. The zero-order valence-electron chi connectivity index (χ0n) is 14.1. The lowest BCUT2D eigenvalue weighted by molar-refractivity contribution is -0.118. The molecule has 2 N–H and O–H groups in total. The van der Waals surface area contributed by atoms with Crippen molar-refractivity contribution < 1.29 is 9.59 Å². The first-order valence-corrected chi connectivity index (χ1v) is 8.89. The molecular weight excluding hydrogens is 312 g/mol. The highest BCUT2D eigenvalue weighted by molar-refractivity contribution is 6.09. The van der Waals surface area contributed by atoms with Crippen molar-refractivity contribution >= 4 is 17.4 Å². The van der Waals surface area contributed by atoms with Gasteiger partial charge in [0.2, 0.25) is 5.91 Å². The molecule has 25 heavy (non-hydrogen) atoms. The topological polar surface area (TPSA) is 58.2 Å². The van der Waals surface area contributed by atoms with Gasteiger partial charge in [-0.15, -0.1) is 0 Å². The monoisotopic (exact) mass is 334 g/mol. The lowest BCUT2D eigenvalue weighted by atomic mass is 9.91. The van der Waals surface area contributed by atoms with Crippen LogP contribution in [0.15, 0.2) is 54.6 Å². The minimum absolute atomic E-state index is 0.0297. The number of carbonyl (C=O) groups excluding carboxylic acids is 2. The average molecular weight is 334 g/mol. The molecule has 4 rings (SSSR count). The summed E-state index contributed by atoms with van der Waals surface area (Å²) in [5.74, 6) is 0.173. The van der Waals surface area contributed by atoms with Crippen LogP contribution in [-0.4, -0.2) is 24.8 Å². The van der Waals surface area contributed by atoms with E-state index in [4.69, 9.17) is 0 Å². The van der Waals surface area contributed by atoms with E-state index in [9.17, 15) is 9.59 Å². The Morgan fingerprint density at radius 3 is 2.44 bits per heavy atom. The molecule has 0 aromatic heterocycles. The molecule has 2 aromatic rings. The number of benzene rings is 2. The third-order valence-corrected chi connectivity index (χ3v) is 5.53. The van der Waals surface area contributed by atoms with Gasteiger partial charge in [0.25, 0.3) is 0 Å². The molecule has 1 unspecified atom stereocenters. The van der Waals surface area contributed by atoms with Crippen LogP contribution < -0.4 is 10.6 Å². The number of nitrogens with one attached hydrogen (secondary N) is 2. The minimum atomic E-state index is -0.0297. The number of piperidine rings is 1. The van der Waals surface area contributed by atoms with Gasteiger partial charge in [0, 0.05) is 22.7 Å². The Kier molecular flexibility index (Phi) is 4.14. The summed E-state index contributed by atoms with van der Waals surface area (Å²) in [7, 11) is 0. The van der Waals surface area contributed by atoms with Gasteiger partial charge in [0.1, 0.15) is 0 Å². The highest BCUT2D eigenvalue weighted by Gasteiger charge is 2.57. The lowest BCUT2D eigenvalue weighted by Crippen LogP contribution is -2.31. The van der Waals surface area contributed by atoms with Crippen molar-refractivity contribution in [3.05, 3.63) is 65.7 Å². The summed E-state index contributed by atoms with van der Waals surface area (Å²) in [4.78, 5) is 25.1. The van der Waals surface area contributed by atoms with Gasteiger partial charge in [0.15, 0.2) is 5.78 Å². The van der Waals surface area contributed by atoms with Crippen molar-refractivity contribution in [2.45, 2.75) is 19.3 Å². The molecule has 4 heteroatoms. The average Bonchev–Trinajstić information content (AvgIpc) is 3.35. The van der Waals surface area contributed by atoms with Crippen LogP contribution in [0.4, 0.5) is 5.69 Å². The standard InChI is InChI=1S/C21H22N2O2/c24-19(15-5-2-1-3-6-15)16-7-4-8-17(13-16)23-20(25)18-14-21(18)9-11-22-12-10-21/h1-8,13,18,22H,9-12,14H2,(H,23,25). The van der Waals surface area contributed by atoms with E-state index in [1.165, 1.54) is 0 Å². The molecule has 1 aliphatic heterocycles. The molecule has 1 spiro atoms. The summed E-state index contributed by atoms with van der Waals surface area (Å²) in [6.07, 6.45) is 3.15. The van der Waals surface area contributed by atoms with Crippen LogP contribution in [0.1, 0.15) is 35.2 Å². The summed E-state index contributed by atoms with van der Waals surface area (Å²) >= 11 is 0. The molecule has 0 radical (unpaired) electrons. The quantitative estimate of drug-likeness (QED) is 0.844. The molecule has 2 aliphatic rings. The van der Waals surface area contributed by atoms with Crippen molar-refractivity contribution in [2.24, 2.45) is 11.3 Å². The predicted molar refractivity (Wildman–Crippen MR) is 97.6 cm³/mol. The minimum Gasteiger partial charge on any atom is -0.326 e. The first-order chi connectivity index (χ1) is 12.2. The number of hydrogen-bond donors (Lipinski definition) is 2. The van der Waals surface area contributed by atoms with E-state index in [1.54, 1.807) is 24.3 Å². The fourth-order valence-corrected chi connectivity index (χ4v) is 3.92. The molecule has 1 atom stereocenters. The maximum absolute atomic E-state index is 12.6. The third-order valence-electron chi connectivity index (χ3n) is 5.53. The number of rotatable bonds is 4. The third kappa shape index (κ3) is 3.22. The van der Waals surface area contributed by atoms with Crippen molar-refractivity contribution in [1.82, 2.24) is 5.32 Å². The van der Waals surface area contributed by atoms with Crippen LogP contribution >= 0.6 is 0 Å². The number of anilines is 1. The van der Waals surface area contributed by atoms with Gasteiger partial charge < -0.3 is 10.6 Å². The van der Waals surface area contributed by atoms with E-state index in [0.29, 0.717) is 16.8 Å². The maximum Gasteiger partial charge on any atom is 0.228 e. The van der Waals surface area contributed by atoms with Crippen LogP contribution in [0, 0.1) is 11.3 Å². The van der Waals surface area contributed by atoms with Crippen LogP contribution in [0.5, 0.6) is 0 Å². The first kappa shape index (κ1) is 16.0. The van der Waals surface area contributed by atoms with Crippen molar-refractivity contribution in [1.29, 1.82) is 0 Å². The van der Waals surface area contributed by atoms with Gasteiger partial charge in [-0.3, -0.25) is 9.59 Å². The second-order valence-corrected chi connectivity index (χ2v) is 7.13. The molecule has 2 aromatic carbocycles. The molecule has 2 fully saturated rings. The van der Waals surface area contributed by atoms with Crippen LogP contribution in [-0.2, 0) is 4.79 Å². The molecule has 1 saturated carbocycles. The highest BCUT2D eigenvalue weighted by Crippen LogP contribution is 2.58. The van der Waals surface area contributed by atoms with E-state index in [2.05, 4.69) is 10.6 Å². The normalized spacial score (nSPS) is 20.9. The molecule has 1 aliphatic carbocycles. The van der Waals surface area contributed by atoms with Crippen LogP contribution in [0.25, 0.3) is 0 Å². The van der Waals surface area contributed by atoms with E-state index in [-0.39, 0.29) is 23.0 Å². The molecule has 0 bridgehead atoms. The summed E-state index contributed by atoms with van der Waals surface area (Å²) in [6, 6.07) is 16.4. The smallest absolute Gasteiger partial charge is 0.228 e. The SMILES string of the molecule is O=C(c1ccccc1)c1cccc(NC(=O)C2CC23CCNCC3)c1. The molecule has 1 saturated heterocycles. The number of ketones is 1. The van der Waals surface area contributed by atoms with Gasteiger partial charge >= 0.3 is 0 Å². The Bertz CT molecular complexity index is 795. The fourth-order valence-electron chi connectivity index (χ4n) is 3.92. The Hall–Kier alpha value is -2.46. The van der Waals surface area contributed by atoms with Gasteiger partial charge in [0.05, 0.1) is 0 Å². The second-order valence-electron chi connectivity index (χ2n) is 7.13. The van der Waals surface area contributed by atoms with E-state index >= 15 is 0 Å². The van der Waals surface area contributed by atoms with Crippen molar-refractivity contribution in [3.8, 4) is 0 Å². The summed E-state index contributed by atoms with van der Waals surface area (Å²) in [6.45, 7) is 2.01. The van der Waals surface area contributed by atoms with E-state index in [0.717, 1.165) is 32.4 Å². The van der Waals surface area contributed by atoms with Crippen molar-refractivity contribution in [2.75, 3.05) is 18.4 Å². The molecule has 1 amide bonds. The zero-order chi connectivity index (χ0) is 17.3. The van der Waals surface area contributed by atoms with Gasteiger partial charge in [-0.05, 0) is 49.9 Å². The fraction of sp³-hybridized carbons (Fsp3) is 0.333. The summed E-state index contributed by atoms with van der Waals surface area (Å²) in [5, 5.41) is 6.37. The Labute approximate surface area is 147 Å². The number of amides is 1. The van der Waals surface area contributed by atoms with E-state index < -0.39 is 0 Å². The lowest BCUT2D eigenvalue weighted by Gasteiger charge is -2.23. The first-order valence-electron chi connectivity index (χ1n) is 8.89. The Morgan fingerprint density at radius 1 is 0.960 bits per heavy atom. The second kappa shape index (κ2) is 6.45. The van der Waals surface area contributed by atoms with Gasteiger partial charge in [-0.2, -0.15) is 0 Å². The predicted octanol–water partition coefficient (Wildman–Crippen LogP) is 3.25. The number of hydrogen-bond acceptors (Lipinski definition) is 3. The molecule has 128 valence electrons. The van der Waals surface area contributed by atoms with Crippen molar-refractivity contribution in [3.63, 3.8) is 0 Å². The summed E-state index contributed by atoms with van der Waals surface area (Å²) in [5.41, 5.74) is 2.16. The molecule has 1 heterocycles. The maximum atomic E-state index is 12.6. The Morgan fingerprint density at radius 2 is 1.68 bits per heavy atom. The van der Waals surface area contributed by atoms with Crippen LogP contribution in [0.3, 0.4) is 0 Å². The van der Waals surface area contributed by atoms with Crippen LogP contribution in [0.2, 0.25) is 0 Å². The largest absolute Gasteiger partial charge is 0.326 e. The van der Waals surface area contributed by atoms with Gasteiger partial charge in [-0.1, -0.05) is 42.5 Å².